The van der Waals surface area contributed by atoms with Crippen molar-refractivity contribution in [1.82, 2.24) is 19.9 Å². The number of piperazine rings is 1. The summed E-state index contributed by atoms with van der Waals surface area (Å²) in [6.45, 7) is 2.01. The molecule has 2 aliphatic rings. The number of nitrogens with zero attached hydrogens (tertiary/aromatic N) is 4. The van der Waals surface area contributed by atoms with Gasteiger partial charge in [-0.15, -0.1) is 0 Å². The average Bonchev–Trinajstić information content (AvgIpc) is 3.28. The summed E-state index contributed by atoms with van der Waals surface area (Å²) in [7, 11) is -3.26. The van der Waals surface area contributed by atoms with Gasteiger partial charge in [-0.2, -0.15) is 0 Å². The number of carbonyl (C=O) groups excluding carboxylic acids is 1. The van der Waals surface area contributed by atoms with Crippen LogP contribution in [0.15, 0.2) is 47.8 Å². The van der Waals surface area contributed by atoms with Crippen LogP contribution in [0.25, 0.3) is 11.0 Å². The lowest BCUT2D eigenvalue weighted by atomic mass is 10.1. The van der Waals surface area contributed by atoms with E-state index in [4.69, 9.17) is 0 Å². The Morgan fingerprint density at radius 3 is 2.47 bits per heavy atom. The molecule has 4 heterocycles. The van der Waals surface area contributed by atoms with Crippen molar-refractivity contribution >= 4 is 32.5 Å². The highest BCUT2D eigenvalue weighted by Gasteiger charge is 2.41. The average molecular weight is 426 g/mol. The lowest BCUT2D eigenvalue weighted by Gasteiger charge is -2.41. The number of aromatic amines is 1. The number of sulfone groups is 1. The summed E-state index contributed by atoms with van der Waals surface area (Å²) in [5.74, 6) is 0.968. The third-order valence-electron chi connectivity index (χ3n) is 6.20. The number of aromatic nitrogens is 3. The molecule has 5 rings (SSSR count). The SMILES string of the molecule is CS(=O)(=O)c1ccc(C(=O)CN2C3CCC2CN(c2ncnc4[nH]ccc24)C3)cc1. The first-order valence-electron chi connectivity index (χ1n) is 10.0. The summed E-state index contributed by atoms with van der Waals surface area (Å²) in [5.41, 5.74) is 1.39. The van der Waals surface area contributed by atoms with Crippen LogP contribution in [0.1, 0.15) is 23.2 Å². The van der Waals surface area contributed by atoms with Crippen LogP contribution in [0.3, 0.4) is 0 Å². The maximum absolute atomic E-state index is 12.9. The highest BCUT2D eigenvalue weighted by Crippen LogP contribution is 2.34. The van der Waals surface area contributed by atoms with E-state index in [-0.39, 0.29) is 10.7 Å². The second-order valence-corrected chi connectivity index (χ2v) is 10.1. The summed E-state index contributed by atoms with van der Waals surface area (Å²) in [6.07, 6.45) is 6.75. The van der Waals surface area contributed by atoms with Gasteiger partial charge in [-0.05, 0) is 31.0 Å². The van der Waals surface area contributed by atoms with Crippen LogP contribution in [-0.4, -0.2) is 72.0 Å². The normalized spacial score (nSPS) is 22.0. The quantitative estimate of drug-likeness (QED) is 0.623. The molecule has 2 aliphatic heterocycles. The number of Topliss-reactive ketones (excluding diaryl/α,β-unsaturated/α-hetero) is 1. The fraction of sp³-hybridized carbons (Fsp3) is 0.381. The molecule has 3 aromatic rings. The first kappa shape index (κ1) is 19.2. The minimum atomic E-state index is -3.26. The van der Waals surface area contributed by atoms with Crippen molar-refractivity contribution in [2.24, 2.45) is 0 Å². The fourth-order valence-electron chi connectivity index (χ4n) is 4.68. The van der Waals surface area contributed by atoms with Gasteiger partial charge >= 0.3 is 0 Å². The molecule has 2 unspecified atom stereocenters. The van der Waals surface area contributed by atoms with Gasteiger partial charge in [-0.25, -0.2) is 18.4 Å². The summed E-state index contributed by atoms with van der Waals surface area (Å²) in [5, 5.41) is 1.02. The Bertz CT molecular complexity index is 1190. The van der Waals surface area contributed by atoms with Crippen LogP contribution < -0.4 is 4.90 Å². The lowest BCUT2D eigenvalue weighted by molar-refractivity contribution is 0.0865. The summed E-state index contributed by atoms with van der Waals surface area (Å²) in [4.78, 5) is 29.6. The maximum Gasteiger partial charge on any atom is 0.176 e. The number of hydrogen-bond acceptors (Lipinski definition) is 7. The maximum atomic E-state index is 12.9. The number of H-pyrrole nitrogens is 1. The minimum absolute atomic E-state index is 0.0236. The molecular formula is C21H23N5O3S. The number of benzene rings is 1. The van der Waals surface area contributed by atoms with Crippen LogP contribution in [-0.2, 0) is 9.84 Å². The Morgan fingerprint density at radius 2 is 1.80 bits per heavy atom. The van der Waals surface area contributed by atoms with Crippen molar-refractivity contribution in [2.45, 2.75) is 29.8 Å². The van der Waals surface area contributed by atoms with Gasteiger partial charge < -0.3 is 9.88 Å². The van der Waals surface area contributed by atoms with E-state index in [1.54, 1.807) is 18.5 Å². The van der Waals surface area contributed by atoms with Crippen molar-refractivity contribution in [1.29, 1.82) is 0 Å². The lowest BCUT2D eigenvalue weighted by Crippen LogP contribution is -2.55. The Balaban J connectivity index is 1.31. The zero-order valence-corrected chi connectivity index (χ0v) is 17.5. The molecular weight excluding hydrogens is 402 g/mol. The number of ketones is 1. The molecule has 0 aliphatic carbocycles. The smallest absolute Gasteiger partial charge is 0.176 e. The first-order valence-corrected chi connectivity index (χ1v) is 11.9. The van der Waals surface area contributed by atoms with Gasteiger partial charge in [0.2, 0.25) is 0 Å². The molecule has 30 heavy (non-hydrogen) atoms. The van der Waals surface area contributed by atoms with Crippen molar-refractivity contribution in [3.63, 3.8) is 0 Å². The molecule has 2 atom stereocenters. The van der Waals surface area contributed by atoms with Gasteiger partial charge in [-0.1, -0.05) is 12.1 Å². The third-order valence-corrected chi connectivity index (χ3v) is 7.32. The van der Waals surface area contributed by atoms with E-state index in [0.29, 0.717) is 24.2 Å². The Kier molecular flexibility index (Phi) is 4.59. The number of fused-ring (bicyclic) bond motifs is 3. The van der Waals surface area contributed by atoms with E-state index in [1.165, 1.54) is 18.4 Å². The van der Waals surface area contributed by atoms with Crippen molar-refractivity contribution in [2.75, 3.05) is 30.8 Å². The molecule has 156 valence electrons. The predicted octanol–water partition coefficient (Wildman–Crippen LogP) is 1.90. The molecule has 0 radical (unpaired) electrons. The molecule has 9 heteroatoms. The highest BCUT2D eigenvalue weighted by molar-refractivity contribution is 7.90. The van der Waals surface area contributed by atoms with Crippen molar-refractivity contribution in [3.8, 4) is 0 Å². The predicted molar refractivity (Wildman–Crippen MR) is 114 cm³/mol. The van der Waals surface area contributed by atoms with Crippen molar-refractivity contribution < 1.29 is 13.2 Å². The summed E-state index contributed by atoms with van der Waals surface area (Å²) < 4.78 is 23.3. The van der Waals surface area contributed by atoms with E-state index < -0.39 is 9.84 Å². The summed E-state index contributed by atoms with van der Waals surface area (Å²) in [6, 6.07) is 8.83. The van der Waals surface area contributed by atoms with E-state index in [9.17, 15) is 13.2 Å². The summed E-state index contributed by atoms with van der Waals surface area (Å²) >= 11 is 0. The number of anilines is 1. The van der Waals surface area contributed by atoms with E-state index >= 15 is 0 Å². The fourth-order valence-corrected chi connectivity index (χ4v) is 5.31. The molecule has 2 fully saturated rings. The monoisotopic (exact) mass is 425 g/mol. The van der Waals surface area contributed by atoms with Gasteiger partial charge in [0, 0.05) is 43.2 Å². The van der Waals surface area contributed by atoms with Crippen molar-refractivity contribution in [3.05, 3.63) is 48.4 Å². The van der Waals surface area contributed by atoms with Crippen LogP contribution >= 0.6 is 0 Å². The van der Waals surface area contributed by atoms with Gasteiger partial charge in [0.05, 0.1) is 16.8 Å². The largest absolute Gasteiger partial charge is 0.353 e. The van der Waals surface area contributed by atoms with Crippen LogP contribution in [0, 0.1) is 0 Å². The highest BCUT2D eigenvalue weighted by atomic mass is 32.2. The van der Waals surface area contributed by atoms with Crippen LogP contribution in [0.2, 0.25) is 0 Å². The van der Waals surface area contributed by atoms with Crippen LogP contribution in [0.4, 0.5) is 5.82 Å². The Morgan fingerprint density at radius 1 is 1.10 bits per heavy atom. The first-order chi connectivity index (χ1) is 14.4. The number of rotatable bonds is 5. The van der Waals surface area contributed by atoms with Gasteiger partial charge in [0.25, 0.3) is 0 Å². The Labute approximate surface area is 174 Å². The molecule has 0 spiro atoms. The minimum Gasteiger partial charge on any atom is -0.353 e. The molecule has 2 saturated heterocycles. The molecule has 0 saturated carbocycles. The number of carbonyl (C=O) groups is 1. The van der Waals surface area contributed by atoms with Gasteiger partial charge in [-0.3, -0.25) is 9.69 Å². The molecule has 1 N–H and O–H groups in total. The molecule has 0 amide bonds. The topological polar surface area (TPSA) is 99.3 Å². The number of nitrogens with one attached hydrogen (secondary N) is 1. The van der Waals surface area contributed by atoms with E-state index in [2.05, 4.69) is 24.8 Å². The molecule has 2 aromatic heterocycles. The second kappa shape index (κ2) is 7.17. The molecule has 2 bridgehead atoms. The number of hydrogen-bond donors (Lipinski definition) is 1. The third kappa shape index (κ3) is 3.37. The van der Waals surface area contributed by atoms with E-state index in [0.717, 1.165) is 42.8 Å². The zero-order chi connectivity index (χ0) is 20.9. The molecule has 1 aromatic carbocycles. The van der Waals surface area contributed by atoms with Gasteiger partial charge in [0.15, 0.2) is 15.6 Å². The van der Waals surface area contributed by atoms with Crippen LogP contribution in [0.5, 0.6) is 0 Å². The van der Waals surface area contributed by atoms with Gasteiger partial charge in [0.1, 0.15) is 17.8 Å². The standard InChI is InChI=1S/C21H23N5O3S/c1-30(28,29)17-6-2-14(3-7-17)19(27)12-26-15-4-5-16(26)11-25(10-15)21-18-8-9-22-20(18)23-13-24-21/h2-3,6-9,13,15-16H,4-5,10-12H2,1H3,(H,22,23,24). The van der Waals surface area contributed by atoms with E-state index in [1.807, 2.05) is 12.3 Å². The zero-order valence-electron chi connectivity index (χ0n) is 16.7. The second-order valence-electron chi connectivity index (χ2n) is 8.12. The Hall–Kier alpha value is -2.78. The molecule has 8 nitrogen and oxygen atoms in total.